The molecule has 5 nitrogen and oxygen atoms in total. The summed E-state index contributed by atoms with van der Waals surface area (Å²) < 4.78 is 73.4. The van der Waals surface area contributed by atoms with Gasteiger partial charge in [-0.1, -0.05) is 0 Å². The molecule has 0 fully saturated rings. The molecule has 1 rings (SSSR count). The summed E-state index contributed by atoms with van der Waals surface area (Å²) in [6.45, 7) is -2.09. The third kappa shape index (κ3) is 4.76. The van der Waals surface area contributed by atoms with E-state index in [0.29, 0.717) is 6.07 Å². The minimum absolute atomic E-state index is 0.0629. The Labute approximate surface area is 120 Å². The third-order valence-corrected chi connectivity index (χ3v) is 2.12. The maximum atomic E-state index is 12.3. The zero-order valence-electron chi connectivity index (χ0n) is 10.9. The molecule has 0 spiro atoms. The maximum absolute atomic E-state index is 12.3. The highest BCUT2D eigenvalue weighted by molar-refractivity contribution is 5.91. The molecule has 0 aliphatic rings. The fraction of sp³-hybridized carbons (Fsp3) is 0.333. The van der Waals surface area contributed by atoms with Crippen LogP contribution < -0.4 is 9.47 Å². The van der Waals surface area contributed by atoms with E-state index >= 15 is 0 Å². The van der Waals surface area contributed by atoms with Crippen molar-refractivity contribution in [2.24, 2.45) is 0 Å². The highest BCUT2D eigenvalue weighted by Gasteiger charge is 2.35. The smallest absolute Gasteiger partial charge is 0.462 e. The molecular weight excluding hydrogens is 317 g/mol. The maximum Gasteiger partial charge on any atom is 0.573 e. The normalized spacial score (nSPS) is 11.0. The quantitative estimate of drug-likeness (QED) is 0.614. The molecule has 0 amide bonds. The van der Waals surface area contributed by atoms with E-state index in [2.05, 4.69) is 14.2 Å². The molecule has 1 aromatic rings. The van der Waals surface area contributed by atoms with Gasteiger partial charge in [0.2, 0.25) is 0 Å². The van der Waals surface area contributed by atoms with Crippen molar-refractivity contribution in [2.75, 3.05) is 6.61 Å². The number of benzene rings is 1. The van der Waals surface area contributed by atoms with Crippen molar-refractivity contribution in [1.82, 2.24) is 0 Å². The molecule has 0 unspecified atom stereocenters. The second-order valence-corrected chi connectivity index (χ2v) is 3.61. The van der Waals surface area contributed by atoms with Crippen LogP contribution in [0.2, 0.25) is 0 Å². The van der Waals surface area contributed by atoms with Crippen molar-refractivity contribution in [3.63, 3.8) is 0 Å². The fourth-order valence-corrected chi connectivity index (χ4v) is 1.42. The SMILES string of the molecule is CCOC(=O)c1cc(C#N)c(OC(F)(F)F)c(OC(F)F)c1. The van der Waals surface area contributed by atoms with Gasteiger partial charge in [-0.3, -0.25) is 0 Å². The van der Waals surface area contributed by atoms with E-state index in [4.69, 9.17) is 5.26 Å². The Bertz CT molecular complexity index is 594. The highest BCUT2D eigenvalue weighted by Crippen LogP contribution is 2.37. The summed E-state index contributed by atoms with van der Waals surface area (Å²) in [7, 11) is 0. The Balaban J connectivity index is 3.41. The van der Waals surface area contributed by atoms with Crippen molar-refractivity contribution in [1.29, 1.82) is 5.26 Å². The number of ether oxygens (including phenoxy) is 3. The lowest BCUT2D eigenvalue weighted by atomic mass is 10.1. The van der Waals surface area contributed by atoms with Crippen LogP contribution in [0.4, 0.5) is 22.0 Å². The topological polar surface area (TPSA) is 68.6 Å². The fourth-order valence-electron chi connectivity index (χ4n) is 1.42. The summed E-state index contributed by atoms with van der Waals surface area (Å²) in [4.78, 5) is 11.5. The zero-order chi connectivity index (χ0) is 16.9. The summed E-state index contributed by atoms with van der Waals surface area (Å²) in [5.74, 6) is -3.38. The number of nitrogens with zero attached hydrogens (tertiary/aromatic N) is 1. The molecule has 0 bridgehead atoms. The van der Waals surface area contributed by atoms with Gasteiger partial charge < -0.3 is 14.2 Å². The Hall–Kier alpha value is -2.57. The molecular formula is C12H8F5NO4. The molecule has 0 aliphatic carbocycles. The number of alkyl halides is 5. The van der Waals surface area contributed by atoms with Crippen molar-refractivity contribution in [3.8, 4) is 17.6 Å². The van der Waals surface area contributed by atoms with Crippen molar-refractivity contribution < 1.29 is 41.0 Å². The average molecular weight is 325 g/mol. The lowest BCUT2D eigenvalue weighted by Crippen LogP contribution is -2.19. The first-order chi connectivity index (χ1) is 10.2. The first kappa shape index (κ1) is 17.5. The molecule has 0 heterocycles. The van der Waals surface area contributed by atoms with Gasteiger partial charge in [0.05, 0.1) is 17.7 Å². The minimum Gasteiger partial charge on any atom is -0.462 e. The van der Waals surface area contributed by atoms with Gasteiger partial charge in [-0.15, -0.1) is 13.2 Å². The van der Waals surface area contributed by atoms with Crippen LogP contribution in [0.3, 0.4) is 0 Å². The monoisotopic (exact) mass is 325 g/mol. The molecule has 0 radical (unpaired) electrons. The van der Waals surface area contributed by atoms with Crippen LogP contribution in [-0.4, -0.2) is 25.6 Å². The lowest BCUT2D eigenvalue weighted by molar-refractivity contribution is -0.275. The second-order valence-electron chi connectivity index (χ2n) is 3.61. The van der Waals surface area contributed by atoms with Crippen LogP contribution in [0.25, 0.3) is 0 Å². The molecule has 120 valence electrons. The lowest BCUT2D eigenvalue weighted by Gasteiger charge is -2.16. The van der Waals surface area contributed by atoms with Crippen LogP contribution in [0.5, 0.6) is 11.5 Å². The summed E-state index contributed by atoms with van der Waals surface area (Å²) in [6.07, 6.45) is -5.24. The van der Waals surface area contributed by atoms with Crippen LogP contribution >= 0.6 is 0 Å². The minimum atomic E-state index is -5.24. The Morgan fingerprint density at radius 1 is 1.36 bits per heavy atom. The summed E-state index contributed by atoms with van der Waals surface area (Å²) in [6, 6.07) is 2.61. The largest absolute Gasteiger partial charge is 0.573 e. The van der Waals surface area contributed by atoms with E-state index in [1.54, 1.807) is 0 Å². The summed E-state index contributed by atoms with van der Waals surface area (Å²) >= 11 is 0. The Kier molecular flexibility index (Phi) is 5.50. The van der Waals surface area contributed by atoms with E-state index in [-0.39, 0.29) is 6.61 Å². The van der Waals surface area contributed by atoms with Crippen molar-refractivity contribution >= 4 is 5.97 Å². The molecule has 0 saturated carbocycles. The van der Waals surface area contributed by atoms with Crippen LogP contribution in [0.1, 0.15) is 22.8 Å². The number of halogens is 5. The average Bonchev–Trinajstić information content (AvgIpc) is 2.38. The molecule has 10 heteroatoms. The Morgan fingerprint density at radius 2 is 2.00 bits per heavy atom. The van der Waals surface area contributed by atoms with E-state index < -0.39 is 41.6 Å². The molecule has 22 heavy (non-hydrogen) atoms. The van der Waals surface area contributed by atoms with E-state index in [0.717, 1.165) is 6.07 Å². The van der Waals surface area contributed by atoms with Crippen molar-refractivity contribution in [3.05, 3.63) is 23.3 Å². The van der Waals surface area contributed by atoms with E-state index in [1.807, 2.05) is 0 Å². The van der Waals surface area contributed by atoms with Gasteiger partial charge in [-0.2, -0.15) is 14.0 Å². The van der Waals surface area contributed by atoms with E-state index in [1.165, 1.54) is 13.0 Å². The third-order valence-electron chi connectivity index (χ3n) is 2.12. The van der Waals surface area contributed by atoms with Gasteiger partial charge in [0, 0.05) is 0 Å². The predicted octanol–water partition coefficient (Wildman–Crippen LogP) is 3.23. The van der Waals surface area contributed by atoms with Crippen LogP contribution in [-0.2, 0) is 4.74 Å². The molecule has 0 aromatic heterocycles. The predicted molar refractivity (Wildman–Crippen MR) is 60.4 cm³/mol. The van der Waals surface area contributed by atoms with Gasteiger partial charge in [0.15, 0.2) is 11.5 Å². The molecule has 0 aliphatic heterocycles. The molecule has 0 saturated heterocycles. The van der Waals surface area contributed by atoms with Gasteiger partial charge in [0.1, 0.15) is 6.07 Å². The number of carbonyl (C=O) groups excluding carboxylic acids is 1. The van der Waals surface area contributed by atoms with Crippen LogP contribution in [0.15, 0.2) is 12.1 Å². The standard InChI is InChI=1S/C12H8F5NO4/c1-2-20-10(19)6-3-7(5-18)9(22-12(15,16)17)8(4-6)21-11(13)14/h3-4,11H,2H2,1H3. The summed E-state index contributed by atoms with van der Waals surface area (Å²) in [5, 5.41) is 8.82. The highest BCUT2D eigenvalue weighted by atomic mass is 19.4. The van der Waals surface area contributed by atoms with E-state index in [9.17, 15) is 26.7 Å². The van der Waals surface area contributed by atoms with Gasteiger partial charge in [0.25, 0.3) is 0 Å². The van der Waals surface area contributed by atoms with Gasteiger partial charge >= 0.3 is 18.9 Å². The van der Waals surface area contributed by atoms with Crippen molar-refractivity contribution in [2.45, 2.75) is 19.9 Å². The zero-order valence-corrected chi connectivity index (χ0v) is 10.9. The number of esters is 1. The number of nitriles is 1. The molecule has 0 N–H and O–H groups in total. The molecule has 1 aromatic carbocycles. The number of hydrogen-bond acceptors (Lipinski definition) is 5. The van der Waals surface area contributed by atoms with Gasteiger partial charge in [-0.05, 0) is 19.1 Å². The molecule has 0 atom stereocenters. The second kappa shape index (κ2) is 6.93. The number of carbonyl (C=O) groups is 1. The number of rotatable bonds is 5. The van der Waals surface area contributed by atoms with Crippen LogP contribution in [0, 0.1) is 11.3 Å². The first-order valence-electron chi connectivity index (χ1n) is 5.63. The Morgan fingerprint density at radius 3 is 2.45 bits per heavy atom. The summed E-state index contributed by atoms with van der Waals surface area (Å²) in [5.41, 5.74) is -1.23. The first-order valence-corrected chi connectivity index (χ1v) is 5.63. The van der Waals surface area contributed by atoms with Gasteiger partial charge in [-0.25, -0.2) is 4.79 Å². The number of hydrogen-bond donors (Lipinski definition) is 0.